The molecule has 2 aromatic rings. The maximum Gasteiger partial charge on any atom is 0.338 e. The van der Waals surface area contributed by atoms with Gasteiger partial charge in [-0.1, -0.05) is 12.1 Å². The molecule has 6 heteroatoms. The number of rotatable bonds is 5. The summed E-state index contributed by atoms with van der Waals surface area (Å²) in [5.74, 6) is -0.473. The Hall–Kier alpha value is -2.34. The zero-order valence-corrected chi connectivity index (χ0v) is 14.1. The summed E-state index contributed by atoms with van der Waals surface area (Å²) in [7, 11) is -3.71. The van der Waals surface area contributed by atoms with Crippen LogP contribution in [0.4, 0.5) is 5.69 Å². The second-order valence-electron chi connectivity index (χ2n) is 5.10. The first-order chi connectivity index (χ1) is 10.8. The van der Waals surface area contributed by atoms with Gasteiger partial charge in [0.15, 0.2) is 0 Å². The first kappa shape index (κ1) is 17.0. The van der Waals surface area contributed by atoms with Crippen molar-refractivity contribution < 1.29 is 17.9 Å². The Morgan fingerprint density at radius 1 is 1.09 bits per heavy atom. The molecule has 0 aliphatic rings. The summed E-state index contributed by atoms with van der Waals surface area (Å²) >= 11 is 0. The quantitative estimate of drug-likeness (QED) is 0.852. The Kier molecular flexibility index (Phi) is 5.05. The highest BCUT2D eigenvalue weighted by atomic mass is 32.2. The lowest BCUT2D eigenvalue weighted by atomic mass is 10.1. The minimum Gasteiger partial charge on any atom is -0.462 e. The molecule has 5 nitrogen and oxygen atoms in total. The fourth-order valence-electron chi connectivity index (χ4n) is 2.05. The number of carbonyl (C=O) groups is 1. The third-order valence-corrected chi connectivity index (χ3v) is 4.91. The van der Waals surface area contributed by atoms with Gasteiger partial charge in [-0.15, -0.1) is 0 Å². The van der Waals surface area contributed by atoms with Crippen LogP contribution in [0, 0.1) is 13.8 Å². The number of esters is 1. The molecule has 23 heavy (non-hydrogen) atoms. The monoisotopic (exact) mass is 333 g/mol. The highest BCUT2D eigenvalue weighted by molar-refractivity contribution is 7.92. The lowest BCUT2D eigenvalue weighted by molar-refractivity contribution is 0.0526. The van der Waals surface area contributed by atoms with E-state index in [1.807, 2.05) is 19.9 Å². The highest BCUT2D eigenvalue weighted by Gasteiger charge is 2.16. The SMILES string of the molecule is CCOC(=O)c1ccc(S(=O)(=O)Nc2cccc(C)c2C)cc1. The van der Waals surface area contributed by atoms with Crippen molar-refractivity contribution in [2.45, 2.75) is 25.7 Å². The van der Waals surface area contributed by atoms with E-state index in [4.69, 9.17) is 4.74 Å². The summed E-state index contributed by atoms with van der Waals surface area (Å²) in [5.41, 5.74) is 2.74. The van der Waals surface area contributed by atoms with Crippen molar-refractivity contribution in [3.8, 4) is 0 Å². The number of anilines is 1. The van der Waals surface area contributed by atoms with E-state index in [9.17, 15) is 13.2 Å². The molecule has 0 unspecified atom stereocenters. The van der Waals surface area contributed by atoms with Crippen molar-refractivity contribution in [2.75, 3.05) is 11.3 Å². The summed E-state index contributed by atoms with van der Waals surface area (Å²) in [4.78, 5) is 11.7. The molecule has 0 atom stereocenters. The van der Waals surface area contributed by atoms with Gasteiger partial charge in [0, 0.05) is 0 Å². The van der Waals surface area contributed by atoms with E-state index >= 15 is 0 Å². The Morgan fingerprint density at radius 3 is 2.35 bits per heavy atom. The number of nitrogens with one attached hydrogen (secondary N) is 1. The van der Waals surface area contributed by atoms with Crippen molar-refractivity contribution in [3.05, 3.63) is 59.2 Å². The largest absolute Gasteiger partial charge is 0.462 e. The first-order valence-corrected chi connectivity index (χ1v) is 8.69. The van der Waals surface area contributed by atoms with Crippen LogP contribution in [0.3, 0.4) is 0 Å². The zero-order chi connectivity index (χ0) is 17.0. The lowest BCUT2D eigenvalue weighted by Crippen LogP contribution is -2.14. The Labute approximate surface area is 136 Å². The number of hydrogen-bond donors (Lipinski definition) is 1. The Bertz CT molecular complexity index is 811. The van der Waals surface area contributed by atoms with Gasteiger partial charge in [0.05, 0.1) is 22.8 Å². The van der Waals surface area contributed by atoms with E-state index in [2.05, 4.69) is 4.72 Å². The number of hydrogen-bond acceptors (Lipinski definition) is 4. The molecule has 0 aromatic heterocycles. The second-order valence-corrected chi connectivity index (χ2v) is 6.78. The van der Waals surface area contributed by atoms with Gasteiger partial charge in [0.2, 0.25) is 0 Å². The third-order valence-electron chi connectivity index (χ3n) is 3.52. The molecule has 122 valence electrons. The average molecular weight is 333 g/mol. The highest BCUT2D eigenvalue weighted by Crippen LogP contribution is 2.22. The molecule has 1 N–H and O–H groups in total. The summed E-state index contributed by atoms with van der Waals surface area (Å²) in [6, 6.07) is 11.1. The van der Waals surface area contributed by atoms with Gasteiger partial charge in [-0.25, -0.2) is 13.2 Å². The lowest BCUT2D eigenvalue weighted by Gasteiger charge is -2.12. The molecule has 0 fully saturated rings. The molecule has 2 rings (SSSR count). The van der Waals surface area contributed by atoms with E-state index in [1.54, 1.807) is 19.1 Å². The number of carbonyl (C=O) groups excluding carboxylic acids is 1. The van der Waals surface area contributed by atoms with E-state index in [1.165, 1.54) is 24.3 Å². The van der Waals surface area contributed by atoms with E-state index in [-0.39, 0.29) is 11.5 Å². The molecule has 0 aliphatic heterocycles. The van der Waals surface area contributed by atoms with Crippen molar-refractivity contribution in [3.63, 3.8) is 0 Å². The van der Waals surface area contributed by atoms with Crippen molar-refractivity contribution >= 4 is 21.7 Å². The van der Waals surface area contributed by atoms with Crippen LogP contribution in [0.15, 0.2) is 47.4 Å². The standard InChI is InChI=1S/C17H19NO4S/c1-4-22-17(19)14-8-10-15(11-9-14)23(20,21)18-16-7-5-6-12(2)13(16)3/h5-11,18H,4H2,1-3H3. The minimum absolute atomic E-state index is 0.0893. The smallest absolute Gasteiger partial charge is 0.338 e. The van der Waals surface area contributed by atoms with Gasteiger partial charge >= 0.3 is 5.97 Å². The predicted octanol–water partition coefficient (Wildman–Crippen LogP) is 3.28. The summed E-state index contributed by atoms with van der Waals surface area (Å²) in [5, 5.41) is 0. The fraction of sp³-hybridized carbons (Fsp3) is 0.235. The molecule has 0 spiro atoms. The van der Waals surface area contributed by atoms with Crippen LogP contribution in [-0.2, 0) is 14.8 Å². The van der Waals surface area contributed by atoms with Gasteiger partial charge in [-0.3, -0.25) is 4.72 Å². The van der Waals surface area contributed by atoms with Gasteiger partial charge in [0.1, 0.15) is 0 Å². The molecule has 0 aliphatic carbocycles. The zero-order valence-electron chi connectivity index (χ0n) is 13.3. The van der Waals surface area contributed by atoms with Crippen LogP contribution in [0.2, 0.25) is 0 Å². The number of benzene rings is 2. The van der Waals surface area contributed by atoms with Gasteiger partial charge < -0.3 is 4.74 Å². The number of aryl methyl sites for hydroxylation is 1. The van der Waals surface area contributed by atoms with Crippen LogP contribution in [0.5, 0.6) is 0 Å². The van der Waals surface area contributed by atoms with Crippen LogP contribution < -0.4 is 4.72 Å². The normalized spacial score (nSPS) is 11.1. The Morgan fingerprint density at radius 2 is 1.74 bits per heavy atom. The maximum atomic E-state index is 12.4. The second kappa shape index (κ2) is 6.83. The molecule has 0 saturated heterocycles. The van der Waals surface area contributed by atoms with Crippen LogP contribution in [0.1, 0.15) is 28.4 Å². The molecular weight excluding hydrogens is 314 g/mol. The van der Waals surface area contributed by atoms with Gasteiger partial charge in [-0.2, -0.15) is 0 Å². The molecule has 0 radical (unpaired) electrons. The molecule has 0 amide bonds. The first-order valence-electron chi connectivity index (χ1n) is 7.21. The molecule has 2 aromatic carbocycles. The summed E-state index contributed by atoms with van der Waals surface area (Å²) in [6.07, 6.45) is 0. The molecule has 0 saturated carbocycles. The predicted molar refractivity (Wildman–Crippen MR) is 89.1 cm³/mol. The maximum absolute atomic E-state index is 12.4. The van der Waals surface area contributed by atoms with E-state index in [0.29, 0.717) is 11.3 Å². The third kappa shape index (κ3) is 3.90. The Balaban J connectivity index is 2.26. The number of sulfonamides is 1. The topological polar surface area (TPSA) is 72.5 Å². The van der Waals surface area contributed by atoms with Gasteiger partial charge in [0.25, 0.3) is 10.0 Å². The summed E-state index contributed by atoms with van der Waals surface area (Å²) in [6.45, 7) is 5.76. The van der Waals surface area contributed by atoms with Crippen molar-refractivity contribution in [1.29, 1.82) is 0 Å². The fourth-order valence-corrected chi connectivity index (χ4v) is 3.17. The minimum atomic E-state index is -3.71. The molecular formula is C17H19NO4S. The summed E-state index contributed by atoms with van der Waals surface area (Å²) < 4.78 is 32.3. The van der Waals surface area contributed by atoms with Crippen molar-refractivity contribution in [1.82, 2.24) is 0 Å². The van der Waals surface area contributed by atoms with Crippen LogP contribution >= 0.6 is 0 Å². The van der Waals surface area contributed by atoms with Crippen LogP contribution in [0.25, 0.3) is 0 Å². The van der Waals surface area contributed by atoms with Gasteiger partial charge in [-0.05, 0) is 62.2 Å². The molecule has 0 bridgehead atoms. The average Bonchev–Trinajstić information content (AvgIpc) is 2.52. The molecule has 0 heterocycles. The van der Waals surface area contributed by atoms with E-state index in [0.717, 1.165) is 11.1 Å². The van der Waals surface area contributed by atoms with Crippen LogP contribution in [-0.4, -0.2) is 21.0 Å². The van der Waals surface area contributed by atoms with Crippen molar-refractivity contribution in [2.24, 2.45) is 0 Å². The number of ether oxygens (including phenoxy) is 1. The van der Waals surface area contributed by atoms with E-state index < -0.39 is 16.0 Å².